The number of nitrogens with two attached hydrogens (primary N) is 1. The van der Waals surface area contributed by atoms with Crippen LogP contribution in [0.2, 0.25) is 0 Å². The van der Waals surface area contributed by atoms with Crippen molar-refractivity contribution >= 4 is 69.3 Å². The van der Waals surface area contributed by atoms with Crippen LogP contribution in [-0.2, 0) is 0 Å². The van der Waals surface area contributed by atoms with Gasteiger partial charge in [-0.15, -0.1) is 47.5 Å². The number of hydrogen-bond donors (Lipinski definition) is 1. The van der Waals surface area contributed by atoms with Gasteiger partial charge in [0.1, 0.15) is 10.7 Å². The summed E-state index contributed by atoms with van der Waals surface area (Å²) in [6.07, 6.45) is 0.997. The van der Waals surface area contributed by atoms with E-state index in [1.807, 2.05) is 21.7 Å². The molecule has 0 saturated carbocycles. The summed E-state index contributed by atoms with van der Waals surface area (Å²) in [5.74, 6) is 0.462. The van der Waals surface area contributed by atoms with Crippen molar-refractivity contribution in [1.82, 2.24) is 9.88 Å². The van der Waals surface area contributed by atoms with E-state index in [9.17, 15) is 4.79 Å². The van der Waals surface area contributed by atoms with Crippen molar-refractivity contribution in [2.24, 2.45) is 11.7 Å². The first-order valence-electron chi connectivity index (χ1n) is 6.36. The number of rotatable bonds is 3. The Kier molecular flexibility index (Phi) is 7.78. The Morgan fingerprint density at radius 1 is 1.41 bits per heavy atom. The second-order valence-corrected chi connectivity index (χ2v) is 7.49. The van der Waals surface area contributed by atoms with Crippen molar-refractivity contribution in [2.75, 3.05) is 19.6 Å². The van der Waals surface area contributed by atoms with Crippen molar-refractivity contribution in [2.45, 2.75) is 6.42 Å². The summed E-state index contributed by atoms with van der Waals surface area (Å²) in [6, 6.07) is 2.03. The molecule has 1 aliphatic rings. The molecule has 22 heavy (non-hydrogen) atoms. The highest BCUT2D eigenvalue weighted by molar-refractivity contribution is 9.10. The monoisotopic (exact) mass is 443 g/mol. The van der Waals surface area contributed by atoms with Gasteiger partial charge in [-0.3, -0.25) is 4.79 Å². The van der Waals surface area contributed by atoms with Crippen molar-refractivity contribution in [3.63, 3.8) is 0 Å². The van der Waals surface area contributed by atoms with Crippen molar-refractivity contribution < 1.29 is 4.79 Å². The molecule has 3 rings (SSSR count). The van der Waals surface area contributed by atoms with Crippen LogP contribution in [0.4, 0.5) is 0 Å². The molecule has 1 aliphatic heterocycles. The highest BCUT2D eigenvalue weighted by atomic mass is 79.9. The summed E-state index contributed by atoms with van der Waals surface area (Å²) >= 11 is 6.57. The van der Waals surface area contributed by atoms with E-state index in [4.69, 9.17) is 5.73 Å². The summed E-state index contributed by atoms with van der Waals surface area (Å²) < 4.78 is 1.05. The number of likely N-dealkylation sites (tertiary alicyclic amines) is 1. The Bertz CT molecular complexity index is 634. The predicted octanol–water partition coefficient (Wildman–Crippen LogP) is 3.90. The van der Waals surface area contributed by atoms with E-state index in [0.717, 1.165) is 33.9 Å². The number of thiophene rings is 1. The van der Waals surface area contributed by atoms with E-state index in [2.05, 4.69) is 20.9 Å². The van der Waals surface area contributed by atoms with Crippen LogP contribution >= 0.6 is 63.4 Å². The Labute approximate surface area is 158 Å². The number of halogens is 3. The first-order chi connectivity index (χ1) is 9.67. The van der Waals surface area contributed by atoms with Crippen LogP contribution in [0.15, 0.2) is 21.3 Å². The van der Waals surface area contributed by atoms with Gasteiger partial charge in [0.25, 0.3) is 5.91 Å². The molecule has 0 aliphatic carbocycles. The molecule has 0 bridgehead atoms. The Hall–Kier alpha value is -0.180. The first-order valence-corrected chi connectivity index (χ1v) is 8.92. The molecule has 0 aromatic carbocycles. The third-order valence-electron chi connectivity index (χ3n) is 3.41. The summed E-state index contributed by atoms with van der Waals surface area (Å²) in [7, 11) is 0. The number of nitrogens with zero attached hydrogens (tertiary/aromatic N) is 2. The van der Waals surface area contributed by atoms with Crippen molar-refractivity contribution in [1.29, 1.82) is 0 Å². The molecule has 1 unspecified atom stereocenters. The zero-order valence-corrected chi connectivity index (χ0v) is 16.4. The van der Waals surface area contributed by atoms with Crippen LogP contribution in [0.1, 0.15) is 16.9 Å². The molecule has 1 amide bonds. The van der Waals surface area contributed by atoms with Crippen LogP contribution in [0.25, 0.3) is 9.88 Å². The van der Waals surface area contributed by atoms with Gasteiger partial charge in [0, 0.05) is 28.3 Å². The molecular formula is C13H16BrCl2N3OS2. The van der Waals surface area contributed by atoms with Crippen LogP contribution in [0, 0.1) is 5.92 Å². The average molecular weight is 445 g/mol. The van der Waals surface area contributed by atoms with Crippen LogP contribution < -0.4 is 5.73 Å². The van der Waals surface area contributed by atoms with Crippen LogP contribution in [-0.4, -0.2) is 35.4 Å². The number of carbonyl (C=O) groups excluding carboxylic acids is 1. The molecule has 1 saturated heterocycles. The molecule has 122 valence electrons. The average Bonchev–Trinajstić information content (AvgIpc) is 3.17. The molecule has 2 aromatic rings. The standard InChI is InChI=1S/C13H14BrN3OS2.2ClH/c14-9-3-11(19-6-9)12-16-10(7-20-12)13(18)17-2-1-8(4-15)5-17;;/h3,6-8H,1-2,4-5,15H2;2*1H. The number of hydrogen-bond acceptors (Lipinski definition) is 5. The van der Waals surface area contributed by atoms with Gasteiger partial charge in [-0.25, -0.2) is 4.98 Å². The molecule has 0 radical (unpaired) electrons. The summed E-state index contributed by atoms with van der Waals surface area (Å²) in [5, 5.41) is 4.77. The molecule has 9 heteroatoms. The smallest absolute Gasteiger partial charge is 0.273 e. The highest BCUT2D eigenvalue weighted by Gasteiger charge is 2.27. The number of carbonyl (C=O) groups is 1. The Morgan fingerprint density at radius 3 is 2.77 bits per heavy atom. The largest absolute Gasteiger partial charge is 0.337 e. The molecule has 4 nitrogen and oxygen atoms in total. The molecule has 2 aromatic heterocycles. The SMILES string of the molecule is Cl.Cl.NCC1CCN(C(=O)c2csc(-c3cc(Br)cs3)n2)C1. The minimum absolute atomic E-state index is 0. The topological polar surface area (TPSA) is 59.2 Å². The van der Waals surface area contributed by atoms with E-state index < -0.39 is 0 Å². The van der Waals surface area contributed by atoms with Crippen LogP contribution in [0.5, 0.6) is 0 Å². The lowest BCUT2D eigenvalue weighted by atomic mass is 10.1. The molecule has 0 spiro atoms. The van der Waals surface area contributed by atoms with Crippen LogP contribution in [0.3, 0.4) is 0 Å². The predicted molar refractivity (Wildman–Crippen MR) is 101 cm³/mol. The van der Waals surface area contributed by atoms with E-state index in [1.165, 1.54) is 11.3 Å². The Balaban J connectivity index is 0.00000121. The normalized spacial score (nSPS) is 17.0. The fourth-order valence-corrected chi connectivity index (χ4v) is 4.58. The third kappa shape index (κ3) is 4.21. The Morgan fingerprint density at radius 2 is 2.18 bits per heavy atom. The van der Waals surface area contributed by atoms with E-state index >= 15 is 0 Å². The van der Waals surface area contributed by atoms with Gasteiger partial charge in [-0.1, -0.05) is 0 Å². The van der Waals surface area contributed by atoms with Gasteiger partial charge in [0.05, 0.1) is 4.88 Å². The van der Waals surface area contributed by atoms with E-state index in [-0.39, 0.29) is 30.7 Å². The maximum Gasteiger partial charge on any atom is 0.273 e. The second-order valence-electron chi connectivity index (χ2n) is 4.81. The van der Waals surface area contributed by atoms with Crippen molar-refractivity contribution in [3.05, 3.63) is 27.0 Å². The highest BCUT2D eigenvalue weighted by Crippen LogP contribution is 2.32. The number of thiazole rings is 1. The molecule has 2 N–H and O–H groups in total. The number of amides is 1. The van der Waals surface area contributed by atoms with E-state index in [0.29, 0.717) is 18.2 Å². The minimum Gasteiger partial charge on any atom is -0.337 e. The zero-order chi connectivity index (χ0) is 14.1. The fourth-order valence-electron chi connectivity index (χ4n) is 2.28. The van der Waals surface area contributed by atoms with Gasteiger partial charge < -0.3 is 10.6 Å². The zero-order valence-electron chi connectivity index (χ0n) is 11.5. The second kappa shape index (κ2) is 8.61. The molecular weight excluding hydrogens is 429 g/mol. The maximum absolute atomic E-state index is 12.4. The van der Waals surface area contributed by atoms with Gasteiger partial charge in [-0.05, 0) is 40.9 Å². The molecule has 1 fully saturated rings. The fraction of sp³-hybridized carbons (Fsp3) is 0.385. The van der Waals surface area contributed by atoms with Gasteiger partial charge >= 0.3 is 0 Å². The maximum atomic E-state index is 12.4. The lowest BCUT2D eigenvalue weighted by Crippen LogP contribution is -2.30. The molecule has 1 atom stereocenters. The van der Waals surface area contributed by atoms with Crippen molar-refractivity contribution in [3.8, 4) is 9.88 Å². The van der Waals surface area contributed by atoms with Gasteiger partial charge in [-0.2, -0.15) is 0 Å². The van der Waals surface area contributed by atoms with Gasteiger partial charge in [0.15, 0.2) is 0 Å². The minimum atomic E-state index is 0. The van der Waals surface area contributed by atoms with Gasteiger partial charge in [0.2, 0.25) is 0 Å². The molecule has 3 heterocycles. The summed E-state index contributed by atoms with van der Waals surface area (Å²) in [5.41, 5.74) is 6.21. The quantitative estimate of drug-likeness (QED) is 0.780. The lowest BCUT2D eigenvalue weighted by Gasteiger charge is -2.14. The van der Waals surface area contributed by atoms with E-state index in [1.54, 1.807) is 11.3 Å². The lowest BCUT2D eigenvalue weighted by molar-refractivity contribution is 0.0783. The summed E-state index contributed by atoms with van der Waals surface area (Å²) in [6.45, 7) is 2.19. The number of aromatic nitrogens is 1. The first kappa shape index (κ1) is 19.9. The third-order valence-corrected chi connectivity index (χ3v) is 6.11. The summed E-state index contributed by atoms with van der Waals surface area (Å²) in [4.78, 5) is 19.8.